The number of primary amides is 1. The maximum atomic E-state index is 14.2. The Morgan fingerprint density at radius 2 is 1.77 bits per heavy atom. The molecular weight excluding hydrogens is 601 g/mol. The van der Waals surface area contributed by atoms with Crippen LogP contribution in [0.3, 0.4) is 0 Å². The van der Waals surface area contributed by atoms with Gasteiger partial charge in [-0.05, 0) is 53.4 Å². The number of aromatic nitrogens is 2. The number of benzene rings is 3. The van der Waals surface area contributed by atoms with Gasteiger partial charge in [0.2, 0.25) is 17.7 Å². The highest BCUT2D eigenvalue weighted by Gasteiger charge is 2.49. The second-order valence-electron chi connectivity index (χ2n) is 11.8. The topological polar surface area (TPSA) is 140 Å². The van der Waals surface area contributed by atoms with Crippen LogP contribution in [0.4, 0.5) is 4.39 Å². The molecule has 1 aliphatic rings. The Bertz CT molecular complexity index is 1650. The lowest BCUT2D eigenvalue weighted by molar-refractivity contribution is -0.175. The number of hydrogen-bond acceptors (Lipinski definition) is 6. The van der Waals surface area contributed by atoms with Crippen LogP contribution in [0, 0.1) is 5.82 Å². The molecule has 47 heavy (non-hydrogen) atoms. The largest absolute Gasteiger partial charge is 0.497 e. The number of amides is 3. The van der Waals surface area contributed by atoms with Gasteiger partial charge in [-0.1, -0.05) is 55.8 Å². The number of carbonyl (C=O) groups is 3. The van der Waals surface area contributed by atoms with Crippen LogP contribution in [-0.2, 0) is 32.8 Å². The van der Waals surface area contributed by atoms with Crippen LogP contribution in [0.5, 0.6) is 5.75 Å². The lowest BCUT2D eigenvalue weighted by Crippen LogP contribution is -2.66. The minimum absolute atomic E-state index is 0.197. The Morgan fingerprint density at radius 3 is 2.40 bits per heavy atom. The molecule has 2 heterocycles. The number of H-pyrrole nitrogens is 1. The quantitative estimate of drug-likeness (QED) is 0.166. The summed E-state index contributed by atoms with van der Waals surface area (Å²) in [5.41, 5.74) is 7.87. The number of methoxy groups -OCH3 is 1. The van der Waals surface area contributed by atoms with Crippen LogP contribution in [0.2, 0.25) is 0 Å². The first-order chi connectivity index (χ1) is 22.7. The van der Waals surface area contributed by atoms with Crippen molar-refractivity contribution in [2.24, 2.45) is 5.73 Å². The van der Waals surface area contributed by atoms with Crippen LogP contribution in [0.25, 0.3) is 0 Å². The number of nitrogens with one attached hydrogen (secondary N) is 2. The Hall–Kier alpha value is -5.03. The Kier molecular flexibility index (Phi) is 10.7. The van der Waals surface area contributed by atoms with E-state index in [1.807, 2.05) is 12.1 Å². The van der Waals surface area contributed by atoms with E-state index in [1.54, 1.807) is 66.7 Å². The molecule has 1 aliphatic heterocycles. The number of aromatic amines is 1. The fourth-order valence-corrected chi connectivity index (χ4v) is 5.92. The summed E-state index contributed by atoms with van der Waals surface area (Å²) in [7, 11) is 1.57. The van der Waals surface area contributed by atoms with Crippen molar-refractivity contribution in [2.45, 2.75) is 50.2 Å². The third kappa shape index (κ3) is 7.86. The number of unbranched alkanes of at least 4 members (excludes halogenated alkanes) is 1. The molecule has 3 aromatic carbocycles. The SMILES string of the molecule is CCCCOC1(c2ccc(F)cc2)CN(C(=O)[C@H](Cc2ccc(OC)cc2)NC(=O)[C@@H](Cc2cnc[nH]2)c2ccccc2C(N)=O)C1. The number of nitrogens with zero attached hydrogens (tertiary/aromatic N) is 2. The number of imidazole rings is 1. The summed E-state index contributed by atoms with van der Waals surface area (Å²) < 4.78 is 25.4. The highest BCUT2D eigenvalue weighted by molar-refractivity contribution is 5.98. The highest BCUT2D eigenvalue weighted by atomic mass is 19.1. The zero-order valence-electron chi connectivity index (χ0n) is 26.6. The van der Waals surface area contributed by atoms with Crippen molar-refractivity contribution in [1.82, 2.24) is 20.2 Å². The van der Waals surface area contributed by atoms with E-state index in [4.69, 9.17) is 15.2 Å². The highest BCUT2D eigenvalue weighted by Crippen LogP contribution is 2.37. The standard InChI is InChI=1S/C36H40FN5O5/c1-3-4-17-47-36(25-11-13-26(37)14-12-25)21-42(22-36)35(45)32(18-24-9-15-28(46-2)16-10-24)41-34(44)31(19-27-20-39-23-40-27)29-7-5-6-8-30(29)33(38)43/h5-16,20,23,31-32H,3-4,17-19,21-22H2,1-2H3,(H2,38,43)(H,39,40)(H,41,44)/t31-,32-/m0/s1. The first-order valence-electron chi connectivity index (χ1n) is 15.7. The van der Waals surface area contributed by atoms with Crippen molar-refractivity contribution in [1.29, 1.82) is 0 Å². The molecule has 4 N–H and O–H groups in total. The summed E-state index contributed by atoms with van der Waals surface area (Å²) >= 11 is 0. The normalized spacial score (nSPS) is 14.9. The molecule has 1 fully saturated rings. The van der Waals surface area contributed by atoms with Gasteiger partial charge in [0.25, 0.3) is 0 Å². The number of hydrogen-bond donors (Lipinski definition) is 3. The monoisotopic (exact) mass is 641 g/mol. The second kappa shape index (κ2) is 15.0. The number of halogens is 1. The predicted molar refractivity (Wildman–Crippen MR) is 174 cm³/mol. The number of likely N-dealkylation sites (tertiary alicyclic amines) is 1. The molecule has 0 unspecified atom stereocenters. The molecule has 4 aromatic rings. The maximum absolute atomic E-state index is 14.2. The van der Waals surface area contributed by atoms with Crippen molar-refractivity contribution >= 4 is 17.7 Å². The minimum atomic E-state index is -0.942. The fourth-order valence-electron chi connectivity index (χ4n) is 5.92. The van der Waals surface area contributed by atoms with Crippen LogP contribution < -0.4 is 15.8 Å². The fraction of sp³-hybridized carbons (Fsp3) is 0.333. The molecule has 11 heteroatoms. The van der Waals surface area contributed by atoms with Crippen LogP contribution >= 0.6 is 0 Å². The van der Waals surface area contributed by atoms with Gasteiger partial charge in [0, 0.05) is 36.9 Å². The predicted octanol–water partition coefficient (Wildman–Crippen LogP) is 4.26. The summed E-state index contributed by atoms with van der Waals surface area (Å²) in [6.07, 6.45) is 5.32. The van der Waals surface area contributed by atoms with Gasteiger partial charge < -0.3 is 30.4 Å². The van der Waals surface area contributed by atoms with Crippen LogP contribution in [-0.4, -0.2) is 65.4 Å². The molecule has 3 amide bonds. The number of nitrogens with two attached hydrogens (primary N) is 1. The van der Waals surface area contributed by atoms with E-state index in [0.717, 1.165) is 24.0 Å². The van der Waals surface area contributed by atoms with Gasteiger partial charge in [0.15, 0.2) is 0 Å². The van der Waals surface area contributed by atoms with Crippen molar-refractivity contribution < 1.29 is 28.2 Å². The van der Waals surface area contributed by atoms with Gasteiger partial charge in [0.05, 0.1) is 32.4 Å². The molecule has 0 spiro atoms. The molecule has 2 atom stereocenters. The summed E-state index contributed by atoms with van der Waals surface area (Å²) in [6.45, 7) is 3.06. The molecule has 0 bridgehead atoms. The van der Waals surface area contributed by atoms with Crippen molar-refractivity contribution in [3.63, 3.8) is 0 Å². The lowest BCUT2D eigenvalue weighted by atomic mass is 9.84. The molecule has 0 aliphatic carbocycles. The number of carbonyl (C=O) groups excluding carboxylic acids is 3. The van der Waals surface area contributed by atoms with Gasteiger partial charge in [-0.25, -0.2) is 9.37 Å². The van der Waals surface area contributed by atoms with Crippen molar-refractivity contribution in [3.8, 4) is 5.75 Å². The lowest BCUT2D eigenvalue weighted by Gasteiger charge is -2.51. The molecular formula is C36H40FN5O5. The Labute approximate surface area is 273 Å². The van der Waals surface area contributed by atoms with E-state index in [-0.39, 0.29) is 43.2 Å². The van der Waals surface area contributed by atoms with Crippen LogP contribution in [0.1, 0.15) is 58.4 Å². The van der Waals surface area contributed by atoms with Gasteiger partial charge in [-0.15, -0.1) is 0 Å². The summed E-state index contributed by atoms with van der Waals surface area (Å²) in [5, 5.41) is 3.01. The smallest absolute Gasteiger partial charge is 0.249 e. The van der Waals surface area contributed by atoms with Crippen molar-refractivity contribution in [3.05, 3.63) is 119 Å². The second-order valence-corrected chi connectivity index (χ2v) is 11.8. The maximum Gasteiger partial charge on any atom is 0.249 e. The van der Waals surface area contributed by atoms with E-state index in [9.17, 15) is 18.8 Å². The minimum Gasteiger partial charge on any atom is -0.497 e. The average molecular weight is 642 g/mol. The summed E-state index contributed by atoms with van der Waals surface area (Å²) in [6, 6.07) is 19.2. The zero-order chi connectivity index (χ0) is 33.4. The molecule has 246 valence electrons. The average Bonchev–Trinajstić information content (AvgIpc) is 3.58. The van der Waals surface area contributed by atoms with Gasteiger partial charge in [-0.3, -0.25) is 14.4 Å². The first-order valence-corrected chi connectivity index (χ1v) is 15.7. The molecule has 0 radical (unpaired) electrons. The van der Waals surface area contributed by atoms with Crippen molar-refractivity contribution in [2.75, 3.05) is 26.8 Å². The third-order valence-corrected chi connectivity index (χ3v) is 8.56. The van der Waals surface area contributed by atoms with E-state index in [2.05, 4.69) is 22.2 Å². The Morgan fingerprint density at radius 1 is 1.04 bits per heavy atom. The number of ether oxygens (including phenoxy) is 2. The summed E-state index contributed by atoms with van der Waals surface area (Å²) in [4.78, 5) is 49.5. The van der Waals surface area contributed by atoms with Gasteiger partial charge >= 0.3 is 0 Å². The molecule has 5 rings (SSSR count). The first kappa shape index (κ1) is 33.3. The Balaban J connectivity index is 1.43. The van der Waals surface area contributed by atoms with Gasteiger partial charge in [-0.2, -0.15) is 0 Å². The molecule has 10 nitrogen and oxygen atoms in total. The number of rotatable bonds is 15. The summed E-state index contributed by atoms with van der Waals surface area (Å²) in [5.74, 6) is -1.92. The van der Waals surface area contributed by atoms with E-state index in [1.165, 1.54) is 18.5 Å². The molecule has 0 saturated carbocycles. The molecule has 1 saturated heterocycles. The van der Waals surface area contributed by atoms with E-state index in [0.29, 0.717) is 23.6 Å². The zero-order valence-corrected chi connectivity index (χ0v) is 26.6. The van der Waals surface area contributed by atoms with Gasteiger partial charge in [0.1, 0.15) is 23.2 Å². The van der Waals surface area contributed by atoms with Crippen LogP contribution in [0.15, 0.2) is 85.3 Å². The molecule has 1 aromatic heterocycles. The third-order valence-electron chi connectivity index (χ3n) is 8.56. The van der Waals surface area contributed by atoms with E-state index >= 15 is 0 Å². The van der Waals surface area contributed by atoms with E-state index < -0.39 is 29.4 Å².